The van der Waals surface area contributed by atoms with Crippen molar-refractivity contribution in [3.63, 3.8) is 0 Å². The van der Waals surface area contributed by atoms with Crippen LogP contribution in [0, 0.1) is 20.8 Å². The maximum atomic E-state index is 6.26. The molecule has 0 fully saturated rings. The van der Waals surface area contributed by atoms with Crippen LogP contribution in [0.15, 0.2) is 0 Å². The Balaban J connectivity index is 3.57. The summed E-state index contributed by atoms with van der Waals surface area (Å²) < 4.78 is 5.42. The summed E-state index contributed by atoms with van der Waals surface area (Å²) in [5, 5.41) is 0.744. The zero-order chi connectivity index (χ0) is 12.5. The Morgan fingerprint density at radius 2 is 1.75 bits per heavy atom. The van der Waals surface area contributed by atoms with Crippen LogP contribution in [0.5, 0.6) is 5.75 Å². The maximum Gasteiger partial charge on any atom is 0.127 e. The molecular formula is C12H17Cl2NO. The molecule has 2 N–H and O–H groups in total. The van der Waals surface area contributed by atoms with E-state index in [4.69, 9.17) is 33.7 Å². The van der Waals surface area contributed by atoms with Gasteiger partial charge in [0.25, 0.3) is 0 Å². The lowest BCUT2D eigenvalue weighted by Gasteiger charge is -2.21. The Kier molecular flexibility index (Phi) is 4.48. The molecule has 0 aromatic heterocycles. The minimum absolute atomic E-state index is 0.256. The van der Waals surface area contributed by atoms with E-state index in [2.05, 4.69) is 0 Å². The van der Waals surface area contributed by atoms with E-state index in [0.717, 1.165) is 33.0 Å². The normalized spacial score (nSPS) is 12.7. The second-order valence-electron chi connectivity index (χ2n) is 3.90. The second-order valence-corrected chi connectivity index (χ2v) is 4.58. The molecule has 0 aliphatic carbocycles. The monoisotopic (exact) mass is 261 g/mol. The van der Waals surface area contributed by atoms with Crippen LogP contribution >= 0.6 is 23.2 Å². The van der Waals surface area contributed by atoms with Gasteiger partial charge in [0.15, 0.2) is 0 Å². The zero-order valence-corrected chi connectivity index (χ0v) is 11.5. The molecule has 0 amide bonds. The highest BCUT2D eigenvalue weighted by molar-refractivity contribution is 6.32. The van der Waals surface area contributed by atoms with Crippen LogP contribution < -0.4 is 10.5 Å². The average Bonchev–Trinajstić information content (AvgIpc) is 2.29. The van der Waals surface area contributed by atoms with E-state index in [-0.39, 0.29) is 6.04 Å². The highest BCUT2D eigenvalue weighted by Crippen LogP contribution is 2.38. The van der Waals surface area contributed by atoms with Gasteiger partial charge in [-0.15, -0.1) is 11.6 Å². The van der Waals surface area contributed by atoms with Crippen LogP contribution in [0.4, 0.5) is 0 Å². The third-order valence-electron chi connectivity index (χ3n) is 2.95. The fourth-order valence-corrected chi connectivity index (χ4v) is 2.29. The van der Waals surface area contributed by atoms with Crippen molar-refractivity contribution in [2.45, 2.75) is 26.8 Å². The van der Waals surface area contributed by atoms with Crippen molar-refractivity contribution in [2.75, 3.05) is 13.0 Å². The van der Waals surface area contributed by atoms with Gasteiger partial charge in [-0.3, -0.25) is 0 Å². The standard InChI is InChI=1S/C12H17Cl2NO/c1-6-7(2)12(16-4)10(9(15)5-13)8(3)11(6)14/h9H,5,15H2,1-4H3. The van der Waals surface area contributed by atoms with Gasteiger partial charge in [-0.2, -0.15) is 0 Å². The molecule has 1 rings (SSSR count). The van der Waals surface area contributed by atoms with Gasteiger partial charge in [0.2, 0.25) is 0 Å². The molecule has 1 aromatic carbocycles. The molecule has 16 heavy (non-hydrogen) atoms. The molecule has 1 unspecified atom stereocenters. The van der Waals surface area contributed by atoms with Crippen LogP contribution in [-0.2, 0) is 0 Å². The smallest absolute Gasteiger partial charge is 0.127 e. The largest absolute Gasteiger partial charge is 0.496 e. The molecule has 0 bridgehead atoms. The first kappa shape index (κ1) is 13.6. The van der Waals surface area contributed by atoms with E-state index in [1.807, 2.05) is 20.8 Å². The number of ether oxygens (including phenoxy) is 1. The molecule has 0 saturated heterocycles. The molecule has 0 heterocycles. The molecule has 4 heteroatoms. The summed E-state index contributed by atoms with van der Waals surface area (Å²) in [6.07, 6.45) is 0. The van der Waals surface area contributed by atoms with E-state index in [9.17, 15) is 0 Å². The summed E-state index contributed by atoms with van der Waals surface area (Å²) in [5.74, 6) is 1.14. The predicted octanol–water partition coefficient (Wildman–Crippen LogP) is 3.51. The molecule has 2 nitrogen and oxygen atoms in total. The Hall–Kier alpha value is -0.440. The Morgan fingerprint density at radius 1 is 1.19 bits per heavy atom. The predicted molar refractivity (Wildman–Crippen MR) is 69.9 cm³/mol. The number of rotatable bonds is 3. The van der Waals surface area contributed by atoms with Crippen molar-refractivity contribution in [3.05, 3.63) is 27.3 Å². The Labute approximate surface area is 107 Å². The Bertz CT molecular complexity index is 405. The van der Waals surface area contributed by atoms with Crippen LogP contribution in [0.1, 0.15) is 28.3 Å². The minimum atomic E-state index is -0.256. The van der Waals surface area contributed by atoms with Crippen molar-refractivity contribution >= 4 is 23.2 Å². The number of halogens is 2. The number of hydrogen-bond acceptors (Lipinski definition) is 2. The summed E-state index contributed by atoms with van der Waals surface area (Å²) in [6.45, 7) is 5.89. The van der Waals surface area contributed by atoms with Crippen LogP contribution in [0.3, 0.4) is 0 Å². The molecule has 90 valence electrons. The summed E-state index contributed by atoms with van der Waals surface area (Å²) in [6, 6.07) is -0.256. The lowest BCUT2D eigenvalue weighted by atomic mass is 9.95. The minimum Gasteiger partial charge on any atom is -0.496 e. The van der Waals surface area contributed by atoms with Crippen LogP contribution in [0.25, 0.3) is 0 Å². The average molecular weight is 262 g/mol. The lowest BCUT2D eigenvalue weighted by Crippen LogP contribution is -2.16. The van der Waals surface area contributed by atoms with Gasteiger partial charge in [-0.1, -0.05) is 11.6 Å². The quantitative estimate of drug-likeness (QED) is 0.846. The zero-order valence-electron chi connectivity index (χ0n) is 10.0. The molecule has 0 aliphatic rings. The highest BCUT2D eigenvalue weighted by Gasteiger charge is 2.20. The fourth-order valence-electron chi connectivity index (χ4n) is 1.89. The van der Waals surface area contributed by atoms with Gasteiger partial charge in [-0.05, 0) is 37.5 Å². The van der Waals surface area contributed by atoms with E-state index < -0.39 is 0 Å². The van der Waals surface area contributed by atoms with Gasteiger partial charge in [0.1, 0.15) is 5.75 Å². The first-order valence-electron chi connectivity index (χ1n) is 5.10. The van der Waals surface area contributed by atoms with Crippen LogP contribution in [0.2, 0.25) is 5.02 Å². The summed E-state index contributed by atoms with van der Waals surface area (Å²) >= 11 is 12.1. The fraction of sp³-hybridized carbons (Fsp3) is 0.500. The number of nitrogens with two attached hydrogens (primary N) is 1. The van der Waals surface area contributed by atoms with Crippen molar-refractivity contribution in [1.29, 1.82) is 0 Å². The molecule has 0 saturated carbocycles. The molecule has 0 radical (unpaired) electrons. The highest BCUT2D eigenvalue weighted by atomic mass is 35.5. The molecule has 0 aliphatic heterocycles. The topological polar surface area (TPSA) is 35.2 Å². The summed E-state index contributed by atoms with van der Waals surface area (Å²) in [7, 11) is 1.64. The van der Waals surface area contributed by atoms with Crippen molar-refractivity contribution in [1.82, 2.24) is 0 Å². The van der Waals surface area contributed by atoms with Gasteiger partial charge in [0.05, 0.1) is 7.11 Å². The van der Waals surface area contributed by atoms with E-state index >= 15 is 0 Å². The van der Waals surface area contributed by atoms with Crippen LogP contribution in [-0.4, -0.2) is 13.0 Å². The van der Waals surface area contributed by atoms with E-state index in [1.54, 1.807) is 7.11 Å². The van der Waals surface area contributed by atoms with Gasteiger partial charge in [-0.25, -0.2) is 0 Å². The van der Waals surface area contributed by atoms with E-state index in [1.165, 1.54) is 0 Å². The third kappa shape index (κ3) is 2.15. The first-order chi connectivity index (χ1) is 7.45. The molecule has 0 spiro atoms. The van der Waals surface area contributed by atoms with E-state index in [0.29, 0.717) is 5.88 Å². The number of methoxy groups -OCH3 is 1. The van der Waals surface area contributed by atoms with Crippen molar-refractivity contribution in [3.8, 4) is 5.75 Å². The summed E-state index contributed by atoms with van der Waals surface area (Å²) in [5.41, 5.74) is 9.90. The van der Waals surface area contributed by atoms with Gasteiger partial charge in [0, 0.05) is 22.5 Å². The lowest BCUT2D eigenvalue weighted by molar-refractivity contribution is 0.403. The molecule has 1 aromatic rings. The van der Waals surface area contributed by atoms with Crippen molar-refractivity contribution < 1.29 is 4.74 Å². The van der Waals surface area contributed by atoms with Crippen molar-refractivity contribution in [2.24, 2.45) is 5.73 Å². The third-order valence-corrected chi connectivity index (χ3v) is 3.85. The maximum absolute atomic E-state index is 6.26. The first-order valence-corrected chi connectivity index (χ1v) is 6.01. The second kappa shape index (κ2) is 5.26. The van der Waals surface area contributed by atoms with Gasteiger partial charge >= 0.3 is 0 Å². The summed E-state index contributed by atoms with van der Waals surface area (Å²) in [4.78, 5) is 0. The Morgan fingerprint density at radius 3 is 2.19 bits per heavy atom. The molecule has 1 atom stereocenters. The SMILES string of the molecule is COc1c(C)c(C)c(Cl)c(C)c1C(N)CCl. The number of alkyl halides is 1. The van der Waals surface area contributed by atoms with Gasteiger partial charge < -0.3 is 10.5 Å². The number of hydrogen-bond donors (Lipinski definition) is 1. The number of benzene rings is 1. The molecular weight excluding hydrogens is 245 g/mol.